The van der Waals surface area contributed by atoms with Crippen molar-refractivity contribution in [1.29, 1.82) is 0 Å². The molecule has 2 aliphatic rings. The molecule has 1 saturated carbocycles. The molecule has 0 bridgehead atoms. The predicted octanol–water partition coefficient (Wildman–Crippen LogP) is 2.34. The number of nitrogens with zero attached hydrogens (tertiary/aromatic N) is 1. The zero-order chi connectivity index (χ0) is 11.9. The molecule has 2 fully saturated rings. The van der Waals surface area contributed by atoms with E-state index in [0.29, 0.717) is 12.1 Å². The normalized spacial score (nSPS) is 50.8. The standard InChI is InChI=1S/C14H28N2/c1-9-5-10(2)14(13(15)6-9)16-7-11(3)12(4)8-16/h9-14H,5-8,15H2,1-4H3. The summed E-state index contributed by atoms with van der Waals surface area (Å²) in [6, 6.07) is 1.04. The Hall–Kier alpha value is -0.0800. The third-order valence-electron chi connectivity index (χ3n) is 4.91. The second kappa shape index (κ2) is 4.66. The summed E-state index contributed by atoms with van der Waals surface area (Å²) in [4.78, 5) is 2.68. The predicted molar refractivity (Wildman–Crippen MR) is 69.2 cm³/mol. The molecule has 6 unspecified atom stereocenters. The maximum atomic E-state index is 6.39. The molecule has 2 nitrogen and oxygen atoms in total. The van der Waals surface area contributed by atoms with Gasteiger partial charge in [0.15, 0.2) is 0 Å². The first kappa shape index (κ1) is 12.4. The summed E-state index contributed by atoms with van der Waals surface area (Å²) in [5.41, 5.74) is 6.39. The molecule has 0 spiro atoms. The van der Waals surface area contributed by atoms with Crippen LogP contribution in [0.25, 0.3) is 0 Å². The summed E-state index contributed by atoms with van der Waals surface area (Å²) in [5, 5.41) is 0. The molecule has 0 radical (unpaired) electrons. The fraction of sp³-hybridized carbons (Fsp3) is 1.00. The first-order valence-electron chi connectivity index (χ1n) is 6.98. The number of nitrogens with two attached hydrogens (primary N) is 1. The smallest absolute Gasteiger partial charge is 0.0273 e. The molecule has 0 amide bonds. The molecule has 1 heterocycles. The molecule has 0 aromatic carbocycles. The lowest BCUT2D eigenvalue weighted by atomic mass is 9.76. The van der Waals surface area contributed by atoms with E-state index >= 15 is 0 Å². The molecule has 16 heavy (non-hydrogen) atoms. The second-order valence-electron chi connectivity index (χ2n) is 6.62. The third-order valence-corrected chi connectivity index (χ3v) is 4.91. The van der Waals surface area contributed by atoms with E-state index in [1.165, 1.54) is 25.9 Å². The van der Waals surface area contributed by atoms with Crippen LogP contribution in [0.3, 0.4) is 0 Å². The highest BCUT2D eigenvalue weighted by molar-refractivity contribution is 4.95. The molecular formula is C14H28N2. The molecule has 6 atom stereocenters. The third kappa shape index (κ3) is 2.28. The largest absolute Gasteiger partial charge is 0.326 e. The van der Waals surface area contributed by atoms with E-state index < -0.39 is 0 Å². The Kier molecular flexibility index (Phi) is 3.60. The van der Waals surface area contributed by atoms with Crippen LogP contribution in [0.4, 0.5) is 0 Å². The topological polar surface area (TPSA) is 29.3 Å². The number of rotatable bonds is 1. The van der Waals surface area contributed by atoms with Gasteiger partial charge in [-0.3, -0.25) is 4.90 Å². The first-order valence-corrected chi connectivity index (χ1v) is 6.98. The lowest BCUT2D eigenvalue weighted by molar-refractivity contribution is 0.0908. The molecular weight excluding hydrogens is 196 g/mol. The van der Waals surface area contributed by atoms with Crippen molar-refractivity contribution < 1.29 is 0 Å². The van der Waals surface area contributed by atoms with E-state index in [1.807, 2.05) is 0 Å². The fourth-order valence-electron chi connectivity index (χ4n) is 3.94. The van der Waals surface area contributed by atoms with Gasteiger partial charge in [0.25, 0.3) is 0 Å². The maximum absolute atomic E-state index is 6.39. The van der Waals surface area contributed by atoms with Crippen LogP contribution in [0.1, 0.15) is 40.5 Å². The van der Waals surface area contributed by atoms with Gasteiger partial charge >= 0.3 is 0 Å². The highest BCUT2D eigenvalue weighted by Gasteiger charge is 2.39. The van der Waals surface area contributed by atoms with Gasteiger partial charge in [-0.15, -0.1) is 0 Å². The zero-order valence-electron chi connectivity index (χ0n) is 11.3. The van der Waals surface area contributed by atoms with Crippen LogP contribution in [0.5, 0.6) is 0 Å². The maximum Gasteiger partial charge on any atom is 0.0273 e. The first-order chi connectivity index (χ1) is 7.49. The van der Waals surface area contributed by atoms with Gasteiger partial charge in [0, 0.05) is 25.2 Å². The van der Waals surface area contributed by atoms with Crippen molar-refractivity contribution in [3.05, 3.63) is 0 Å². The molecule has 2 N–H and O–H groups in total. The number of hydrogen-bond donors (Lipinski definition) is 1. The van der Waals surface area contributed by atoms with Gasteiger partial charge in [-0.05, 0) is 36.5 Å². The summed E-state index contributed by atoms with van der Waals surface area (Å²) in [7, 11) is 0. The van der Waals surface area contributed by atoms with Crippen molar-refractivity contribution in [3.63, 3.8) is 0 Å². The minimum absolute atomic E-state index is 0.399. The van der Waals surface area contributed by atoms with Crippen LogP contribution in [-0.2, 0) is 0 Å². The molecule has 0 aromatic heterocycles. The molecule has 0 aromatic rings. The van der Waals surface area contributed by atoms with E-state index in [1.54, 1.807) is 0 Å². The van der Waals surface area contributed by atoms with Gasteiger partial charge in [0.05, 0.1) is 0 Å². The Morgan fingerprint density at radius 1 is 0.875 bits per heavy atom. The molecule has 1 aliphatic heterocycles. The van der Waals surface area contributed by atoms with E-state index in [0.717, 1.165) is 23.7 Å². The van der Waals surface area contributed by atoms with E-state index in [9.17, 15) is 0 Å². The van der Waals surface area contributed by atoms with Crippen molar-refractivity contribution >= 4 is 0 Å². The summed E-state index contributed by atoms with van der Waals surface area (Å²) in [6.07, 6.45) is 2.58. The minimum atomic E-state index is 0.399. The Balaban J connectivity index is 2.03. The molecule has 1 aliphatic carbocycles. The highest BCUT2D eigenvalue weighted by atomic mass is 15.2. The van der Waals surface area contributed by atoms with Gasteiger partial charge in [0.2, 0.25) is 0 Å². The number of hydrogen-bond acceptors (Lipinski definition) is 2. The van der Waals surface area contributed by atoms with Crippen LogP contribution in [0.2, 0.25) is 0 Å². The van der Waals surface area contributed by atoms with Gasteiger partial charge in [0.1, 0.15) is 0 Å². The second-order valence-corrected chi connectivity index (χ2v) is 6.62. The summed E-state index contributed by atoms with van der Waals surface area (Å²) < 4.78 is 0. The molecule has 2 rings (SSSR count). The van der Waals surface area contributed by atoms with Crippen molar-refractivity contribution in [2.24, 2.45) is 29.4 Å². The van der Waals surface area contributed by atoms with Crippen LogP contribution in [0.15, 0.2) is 0 Å². The molecule has 2 heteroatoms. The summed E-state index contributed by atoms with van der Waals surface area (Å²) >= 11 is 0. The van der Waals surface area contributed by atoms with E-state index in [-0.39, 0.29) is 0 Å². The van der Waals surface area contributed by atoms with Gasteiger partial charge in [-0.2, -0.15) is 0 Å². The van der Waals surface area contributed by atoms with E-state index in [4.69, 9.17) is 5.73 Å². The summed E-state index contributed by atoms with van der Waals surface area (Å²) in [5.74, 6) is 3.28. The monoisotopic (exact) mass is 224 g/mol. The van der Waals surface area contributed by atoms with Crippen molar-refractivity contribution in [1.82, 2.24) is 4.90 Å². The summed E-state index contributed by atoms with van der Waals surface area (Å²) in [6.45, 7) is 12.0. The van der Waals surface area contributed by atoms with Gasteiger partial charge in [-0.1, -0.05) is 27.7 Å². The average Bonchev–Trinajstić information content (AvgIpc) is 2.44. The highest BCUT2D eigenvalue weighted by Crippen LogP contribution is 2.35. The van der Waals surface area contributed by atoms with Crippen molar-refractivity contribution in [3.8, 4) is 0 Å². The minimum Gasteiger partial charge on any atom is -0.326 e. The quantitative estimate of drug-likeness (QED) is 0.741. The zero-order valence-corrected chi connectivity index (χ0v) is 11.3. The Morgan fingerprint density at radius 2 is 1.44 bits per heavy atom. The lowest BCUT2D eigenvalue weighted by Crippen LogP contribution is -2.54. The van der Waals surface area contributed by atoms with Gasteiger partial charge < -0.3 is 5.73 Å². The number of likely N-dealkylation sites (tertiary alicyclic amines) is 1. The van der Waals surface area contributed by atoms with Crippen molar-refractivity contribution in [2.45, 2.75) is 52.6 Å². The van der Waals surface area contributed by atoms with Crippen LogP contribution < -0.4 is 5.73 Å². The van der Waals surface area contributed by atoms with Crippen LogP contribution in [-0.4, -0.2) is 30.1 Å². The van der Waals surface area contributed by atoms with E-state index in [2.05, 4.69) is 32.6 Å². The molecule has 1 saturated heterocycles. The lowest BCUT2D eigenvalue weighted by Gasteiger charge is -2.43. The van der Waals surface area contributed by atoms with Crippen LogP contribution in [0, 0.1) is 23.7 Å². The van der Waals surface area contributed by atoms with Crippen molar-refractivity contribution in [2.75, 3.05) is 13.1 Å². The SMILES string of the molecule is CC1CC(C)C(N2CC(C)C(C)C2)C(N)C1. The van der Waals surface area contributed by atoms with Crippen LogP contribution >= 0.6 is 0 Å². The fourth-order valence-corrected chi connectivity index (χ4v) is 3.94. The average molecular weight is 224 g/mol. The Bertz CT molecular complexity index is 219. The Morgan fingerprint density at radius 3 is 1.94 bits per heavy atom. The van der Waals surface area contributed by atoms with Gasteiger partial charge in [-0.25, -0.2) is 0 Å². The molecule has 94 valence electrons. The Labute approximate surface area is 101 Å².